The van der Waals surface area contributed by atoms with Crippen molar-refractivity contribution in [3.05, 3.63) is 0 Å². The highest BCUT2D eigenvalue weighted by molar-refractivity contribution is 9.09. The van der Waals surface area contributed by atoms with Crippen LogP contribution < -0.4 is 0 Å². The number of carbonyl (C=O) groups excluding carboxylic acids is 1. The van der Waals surface area contributed by atoms with E-state index in [2.05, 4.69) is 22.9 Å². The largest absolute Gasteiger partial charge is 0.465 e. The van der Waals surface area contributed by atoms with Crippen LogP contribution in [0.25, 0.3) is 0 Å². The summed E-state index contributed by atoms with van der Waals surface area (Å²) in [5.74, 6) is 0.0686. The molecule has 0 heterocycles. The Morgan fingerprint density at radius 2 is 2.00 bits per heavy atom. The molecule has 13 heavy (non-hydrogen) atoms. The Balaban J connectivity index is 3.80. The van der Waals surface area contributed by atoms with E-state index >= 15 is 0 Å². The van der Waals surface area contributed by atoms with Crippen molar-refractivity contribution in [2.75, 3.05) is 11.9 Å². The molecule has 78 valence electrons. The lowest BCUT2D eigenvalue weighted by molar-refractivity contribution is -0.148. The second-order valence-electron chi connectivity index (χ2n) is 3.13. The fourth-order valence-electron chi connectivity index (χ4n) is 1.18. The molecule has 0 aromatic heterocycles. The van der Waals surface area contributed by atoms with Crippen LogP contribution in [0.4, 0.5) is 0 Å². The molecule has 0 saturated carbocycles. The zero-order valence-electron chi connectivity index (χ0n) is 8.51. The third-order valence-corrected chi connectivity index (χ3v) is 2.33. The molecule has 0 radical (unpaired) electrons. The van der Waals surface area contributed by atoms with Gasteiger partial charge in [0.25, 0.3) is 0 Å². The minimum atomic E-state index is -0.0249. The van der Waals surface area contributed by atoms with E-state index in [-0.39, 0.29) is 11.9 Å². The van der Waals surface area contributed by atoms with Crippen molar-refractivity contribution in [3.8, 4) is 0 Å². The monoisotopic (exact) mass is 250 g/mol. The molecule has 0 N–H and O–H groups in total. The van der Waals surface area contributed by atoms with Crippen molar-refractivity contribution in [2.24, 2.45) is 5.92 Å². The van der Waals surface area contributed by atoms with Crippen LogP contribution in [0, 0.1) is 5.92 Å². The van der Waals surface area contributed by atoms with Crippen molar-refractivity contribution in [3.63, 3.8) is 0 Å². The van der Waals surface area contributed by atoms with E-state index in [0.29, 0.717) is 6.61 Å². The lowest BCUT2D eigenvalue weighted by atomic mass is 10.0. The van der Waals surface area contributed by atoms with Crippen molar-refractivity contribution in [1.82, 2.24) is 0 Å². The van der Waals surface area contributed by atoms with Gasteiger partial charge in [0.2, 0.25) is 0 Å². The first kappa shape index (κ1) is 12.9. The summed E-state index contributed by atoms with van der Waals surface area (Å²) in [6.45, 7) is 4.66. The normalized spacial score (nSPS) is 12.5. The SMILES string of the molecule is CCCOC(=O)C(CCC)CCBr. The molecule has 0 aromatic carbocycles. The molecule has 0 spiro atoms. The zero-order chi connectivity index (χ0) is 10.1. The van der Waals surface area contributed by atoms with E-state index in [1.54, 1.807) is 0 Å². The highest BCUT2D eigenvalue weighted by Crippen LogP contribution is 2.14. The molecule has 0 aromatic rings. The van der Waals surface area contributed by atoms with Gasteiger partial charge in [0.05, 0.1) is 12.5 Å². The number of rotatable bonds is 7. The van der Waals surface area contributed by atoms with Crippen molar-refractivity contribution >= 4 is 21.9 Å². The number of hydrogen-bond donors (Lipinski definition) is 0. The number of ether oxygens (including phenoxy) is 1. The fourth-order valence-corrected chi connectivity index (χ4v) is 1.73. The van der Waals surface area contributed by atoms with Gasteiger partial charge in [-0.3, -0.25) is 4.79 Å². The van der Waals surface area contributed by atoms with E-state index in [0.717, 1.165) is 31.0 Å². The molecule has 1 unspecified atom stereocenters. The maximum atomic E-state index is 11.4. The Hall–Kier alpha value is -0.0500. The average molecular weight is 251 g/mol. The van der Waals surface area contributed by atoms with Crippen LogP contribution >= 0.6 is 15.9 Å². The molecule has 0 rings (SSSR count). The fraction of sp³-hybridized carbons (Fsp3) is 0.900. The molecule has 2 nitrogen and oxygen atoms in total. The molecule has 3 heteroatoms. The summed E-state index contributed by atoms with van der Waals surface area (Å²) in [4.78, 5) is 11.4. The summed E-state index contributed by atoms with van der Waals surface area (Å²) in [5.41, 5.74) is 0. The zero-order valence-corrected chi connectivity index (χ0v) is 10.1. The maximum absolute atomic E-state index is 11.4. The Bertz CT molecular complexity index is 131. The third kappa shape index (κ3) is 6.08. The Labute approximate surface area is 89.2 Å². The summed E-state index contributed by atoms with van der Waals surface area (Å²) in [6, 6.07) is 0. The van der Waals surface area contributed by atoms with Gasteiger partial charge in [0, 0.05) is 5.33 Å². The van der Waals surface area contributed by atoms with E-state index in [9.17, 15) is 4.79 Å². The number of hydrogen-bond acceptors (Lipinski definition) is 2. The van der Waals surface area contributed by atoms with E-state index in [1.165, 1.54) is 0 Å². The predicted octanol–water partition coefficient (Wildman–Crippen LogP) is 3.14. The van der Waals surface area contributed by atoms with Gasteiger partial charge in [0.15, 0.2) is 0 Å². The minimum absolute atomic E-state index is 0.0249. The number of carbonyl (C=O) groups is 1. The third-order valence-electron chi connectivity index (χ3n) is 1.88. The molecule has 0 saturated heterocycles. The van der Waals surface area contributed by atoms with Crippen LogP contribution in [0.15, 0.2) is 0 Å². The van der Waals surface area contributed by atoms with E-state index in [1.807, 2.05) is 6.92 Å². The lowest BCUT2D eigenvalue weighted by Crippen LogP contribution is -2.18. The first-order valence-corrected chi connectivity index (χ1v) is 6.11. The summed E-state index contributed by atoms with van der Waals surface area (Å²) < 4.78 is 5.10. The first-order chi connectivity index (χ1) is 6.26. The van der Waals surface area contributed by atoms with E-state index < -0.39 is 0 Å². The molecule has 0 amide bonds. The van der Waals surface area contributed by atoms with Gasteiger partial charge in [-0.1, -0.05) is 36.2 Å². The summed E-state index contributed by atoms with van der Waals surface area (Å²) in [6.07, 6.45) is 3.77. The first-order valence-electron chi connectivity index (χ1n) is 4.98. The van der Waals surface area contributed by atoms with Gasteiger partial charge in [-0.15, -0.1) is 0 Å². The second-order valence-corrected chi connectivity index (χ2v) is 3.92. The molecule has 0 bridgehead atoms. The van der Waals surface area contributed by atoms with Gasteiger partial charge in [0.1, 0.15) is 0 Å². The smallest absolute Gasteiger partial charge is 0.308 e. The van der Waals surface area contributed by atoms with E-state index in [4.69, 9.17) is 4.74 Å². The highest BCUT2D eigenvalue weighted by atomic mass is 79.9. The molecule has 1 atom stereocenters. The molecule has 0 aliphatic heterocycles. The van der Waals surface area contributed by atoms with Crippen molar-refractivity contribution in [1.29, 1.82) is 0 Å². The van der Waals surface area contributed by atoms with Crippen LogP contribution in [-0.2, 0) is 9.53 Å². The second kappa shape index (κ2) is 8.54. The van der Waals surface area contributed by atoms with Crippen LogP contribution in [0.3, 0.4) is 0 Å². The van der Waals surface area contributed by atoms with Gasteiger partial charge < -0.3 is 4.74 Å². The minimum Gasteiger partial charge on any atom is -0.465 e. The molecule has 0 aliphatic rings. The predicted molar refractivity (Wildman–Crippen MR) is 58.1 cm³/mol. The van der Waals surface area contributed by atoms with Crippen LogP contribution in [0.1, 0.15) is 39.5 Å². The van der Waals surface area contributed by atoms with Gasteiger partial charge in [-0.25, -0.2) is 0 Å². The summed E-state index contributed by atoms with van der Waals surface area (Å²) in [7, 11) is 0. The topological polar surface area (TPSA) is 26.3 Å². The summed E-state index contributed by atoms with van der Waals surface area (Å²) in [5, 5.41) is 0.874. The molecular weight excluding hydrogens is 232 g/mol. The Morgan fingerprint density at radius 3 is 2.46 bits per heavy atom. The number of halogens is 1. The molecule has 0 fully saturated rings. The van der Waals surface area contributed by atoms with Crippen molar-refractivity contribution in [2.45, 2.75) is 39.5 Å². The highest BCUT2D eigenvalue weighted by Gasteiger charge is 2.17. The lowest BCUT2D eigenvalue weighted by Gasteiger charge is -2.13. The molecule has 0 aliphatic carbocycles. The molecular formula is C10H19BrO2. The van der Waals surface area contributed by atoms with Crippen LogP contribution in [0.2, 0.25) is 0 Å². The number of esters is 1. The van der Waals surface area contributed by atoms with Gasteiger partial charge in [-0.2, -0.15) is 0 Å². The Morgan fingerprint density at radius 1 is 1.31 bits per heavy atom. The van der Waals surface area contributed by atoms with Gasteiger partial charge in [-0.05, 0) is 19.3 Å². The van der Waals surface area contributed by atoms with Crippen LogP contribution in [0.5, 0.6) is 0 Å². The standard InChI is InChI=1S/C10H19BrO2/c1-3-5-9(6-7-11)10(12)13-8-4-2/h9H,3-8H2,1-2H3. The summed E-state index contributed by atoms with van der Waals surface area (Å²) >= 11 is 3.35. The number of alkyl halides is 1. The van der Waals surface area contributed by atoms with Gasteiger partial charge >= 0.3 is 5.97 Å². The van der Waals surface area contributed by atoms with Crippen LogP contribution in [-0.4, -0.2) is 17.9 Å². The average Bonchev–Trinajstić information content (AvgIpc) is 2.14. The van der Waals surface area contributed by atoms with Crippen molar-refractivity contribution < 1.29 is 9.53 Å². The maximum Gasteiger partial charge on any atom is 0.308 e. The Kier molecular flexibility index (Phi) is 8.51. The quantitative estimate of drug-likeness (QED) is 0.513.